The molecule has 82 valence electrons. The summed E-state index contributed by atoms with van der Waals surface area (Å²) in [5.41, 5.74) is 2.26. The van der Waals surface area contributed by atoms with Crippen molar-refractivity contribution in [2.45, 2.75) is 13.0 Å². The molecule has 1 aliphatic rings. The minimum atomic E-state index is 0.447. The molecule has 0 N–H and O–H groups in total. The molecule has 0 saturated carbocycles. The summed E-state index contributed by atoms with van der Waals surface area (Å²) in [6.07, 6.45) is 1.79. The lowest BCUT2D eigenvalue weighted by Crippen LogP contribution is -1.94. The highest BCUT2D eigenvalue weighted by atomic mass is 15.6. The van der Waals surface area contributed by atoms with Gasteiger partial charge in [-0.15, -0.1) is 0 Å². The first-order chi connectivity index (χ1) is 7.81. The largest absolute Gasteiger partial charge is 0.285 e. The molecular formula is C13H15N3. The van der Waals surface area contributed by atoms with Crippen LogP contribution in [0.3, 0.4) is 0 Å². The number of hydrazone groups is 1. The van der Waals surface area contributed by atoms with Gasteiger partial charge in [-0.25, -0.2) is 4.99 Å². The Morgan fingerprint density at radius 2 is 2.19 bits per heavy atom. The number of rotatable bonds is 3. The molecule has 1 heterocycles. The monoisotopic (exact) mass is 213 g/mol. The fourth-order valence-electron chi connectivity index (χ4n) is 1.58. The van der Waals surface area contributed by atoms with Crippen LogP contribution in [0.2, 0.25) is 0 Å². The highest BCUT2D eigenvalue weighted by Crippen LogP contribution is 2.34. The number of hydrogen-bond acceptors (Lipinski definition) is 3. The van der Waals surface area contributed by atoms with Gasteiger partial charge in [0, 0.05) is 13.1 Å². The zero-order valence-corrected chi connectivity index (χ0v) is 9.59. The summed E-state index contributed by atoms with van der Waals surface area (Å²) in [7, 11) is 1.70. The molecule has 3 heteroatoms. The van der Waals surface area contributed by atoms with E-state index in [0.29, 0.717) is 6.04 Å². The van der Waals surface area contributed by atoms with Crippen LogP contribution in [0.1, 0.15) is 18.5 Å². The van der Waals surface area contributed by atoms with Crippen molar-refractivity contribution in [2.75, 3.05) is 13.6 Å². The van der Waals surface area contributed by atoms with Crippen molar-refractivity contribution in [1.29, 1.82) is 0 Å². The fraction of sp³-hybridized carbons (Fsp3) is 0.308. The zero-order valence-electron chi connectivity index (χ0n) is 9.59. The van der Waals surface area contributed by atoms with Gasteiger partial charge in [-0.1, -0.05) is 30.3 Å². The number of nitrogens with zero attached hydrogens (tertiary/aromatic N) is 3. The maximum absolute atomic E-state index is 4.46. The first-order valence-electron chi connectivity index (χ1n) is 5.35. The van der Waals surface area contributed by atoms with Gasteiger partial charge < -0.3 is 0 Å². The van der Waals surface area contributed by atoms with Gasteiger partial charge in [0.05, 0.1) is 18.3 Å². The Bertz CT molecular complexity index is 442. The molecule has 0 spiro atoms. The molecule has 1 fully saturated rings. The second-order valence-corrected chi connectivity index (χ2v) is 3.79. The molecule has 0 amide bonds. The molecule has 3 nitrogen and oxygen atoms in total. The molecule has 1 aliphatic heterocycles. The quantitative estimate of drug-likeness (QED) is 0.559. The van der Waals surface area contributed by atoms with E-state index in [4.69, 9.17) is 0 Å². The highest BCUT2D eigenvalue weighted by Gasteiger charge is 2.34. The summed E-state index contributed by atoms with van der Waals surface area (Å²) >= 11 is 0. The van der Waals surface area contributed by atoms with Gasteiger partial charge in [-0.05, 0) is 18.4 Å². The lowest BCUT2D eigenvalue weighted by atomic mass is 10.2. The van der Waals surface area contributed by atoms with Crippen LogP contribution in [0.25, 0.3) is 0 Å². The van der Waals surface area contributed by atoms with Gasteiger partial charge in [0.25, 0.3) is 0 Å². The molecule has 0 radical (unpaired) electrons. The van der Waals surface area contributed by atoms with Crippen molar-refractivity contribution in [3.63, 3.8) is 0 Å². The van der Waals surface area contributed by atoms with Crippen LogP contribution in [-0.2, 0) is 0 Å². The van der Waals surface area contributed by atoms with Gasteiger partial charge in [0.2, 0.25) is 0 Å². The second kappa shape index (κ2) is 4.77. The summed E-state index contributed by atoms with van der Waals surface area (Å²) in [5.74, 6) is 2.78. The Labute approximate surface area is 95.8 Å². The normalized spacial score (nSPS) is 19.0. The van der Waals surface area contributed by atoms with Gasteiger partial charge in [0.15, 0.2) is 0 Å². The predicted octanol–water partition coefficient (Wildman–Crippen LogP) is 2.27. The Kier molecular flexibility index (Phi) is 3.18. The van der Waals surface area contributed by atoms with Crippen LogP contribution in [0.5, 0.6) is 0 Å². The van der Waals surface area contributed by atoms with E-state index in [1.165, 1.54) is 5.56 Å². The highest BCUT2D eigenvalue weighted by molar-refractivity contribution is 5.99. The van der Waals surface area contributed by atoms with Crippen LogP contribution in [0.15, 0.2) is 46.5 Å². The maximum Gasteiger partial charge on any atom is 0.0913 e. The van der Waals surface area contributed by atoms with Crippen molar-refractivity contribution in [2.24, 2.45) is 10.1 Å². The SMILES string of the molecule is CN=C=C/C(C)=N/N1CC1c1ccccc1. The molecule has 2 rings (SSSR count). The van der Waals surface area contributed by atoms with E-state index in [0.717, 1.165) is 12.3 Å². The van der Waals surface area contributed by atoms with E-state index in [2.05, 4.69) is 45.2 Å². The average Bonchev–Trinajstić information content (AvgIpc) is 3.07. The Hall–Kier alpha value is -1.86. The van der Waals surface area contributed by atoms with E-state index >= 15 is 0 Å². The van der Waals surface area contributed by atoms with E-state index in [9.17, 15) is 0 Å². The summed E-state index contributed by atoms with van der Waals surface area (Å²) in [6.45, 7) is 2.96. The third-order valence-electron chi connectivity index (χ3n) is 2.46. The molecule has 16 heavy (non-hydrogen) atoms. The van der Waals surface area contributed by atoms with Crippen molar-refractivity contribution in [3.05, 3.63) is 42.0 Å². The predicted molar refractivity (Wildman–Crippen MR) is 66.9 cm³/mol. The molecule has 0 bridgehead atoms. The number of benzene rings is 1. The molecule has 0 aromatic heterocycles. The molecule has 1 aromatic carbocycles. The molecule has 0 aliphatic carbocycles. The summed E-state index contributed by atoms with van der Waals surface area (Å²) in [4.78, 5) is 3.78. The number of hydrogen-bond donors (Lipinski definition) is 0. The van der Waals surface area contributed by atoms with Crippen molar-refractivity contribution in [3.8, 4) is 0 Å². The Balaban J connectivity index is 2.00. The minimum absolute atomic E-state index is 0.447. The van der Waals surface area contributed by atoms with Gasteiger partial charge in [-0.2, -0.15) is 5.10 Å². The smallest absolute Gasteiger partial charge is 0.0913 e. The standard InChI is InChI=1S/C13H15N3/c1-11(8-9-14-2)15-16-10-13(16)12-6-4-3-5-7-12/h3-8,13H,10H2,1-2H3/b15-11+. The van der Waals surface area contributed by atoms with E-state index in [-0.39, 0.29) is 0 Å². The van der Waals surface area contributed by atoms with Crippen LogP contribution in [-0.4, -0.2) is 30.2 Å². The second-order valence-electron chi connectivity index (χ2n) is 3.79. The number of aliphatic imine (C=N–C) groups is 1. The summed E-state index contributed by atoms with van der Waals surface area (Å²) < 4.78 is 0. The van der Waals surface area contributed by atoms with Crippen LogP contribution < -0.4 is 0 Å². The topological polar surface area (TPSA) is 27.7 Å². The average molecular weight is 213 g/mol. The third kappa shape index (κ3) is 2.59. The molecule has 1 atom stereocenters. The van der Waals surface area contributed by atoms with Crippen LogP contribution in [0, 0.1) is 0 Å². The number of allylic oxidation sites excluding steroid dienone is 1. The molecule has 1 saturated heterocycles. The van der Waals surface area contributed by atoms with Gasteiger partial charge in [-0.3, -0.25) is 5.01 Å². The van der Waals surface area contributed by atoms with Crippen molar-refractivity contribution in [1.82, 2.24) is 5.01 Å². The first kappa shape index (κ1) is 10.7. The van der Waals surface area contributed by atoms with E-state index in [1.54, 1.807) is 13.1 Å². The fourth-order valence-corrected chi connectivity index (χ4v) is 1.58. The minimum Gasteiger partial charge on any atom is -0.285 e. The summed E-state index contributed by atoms with van der Waals surface area (Å²) in [5, 5.41) is 6.52. The van der Waals surface area contributed by atoms with E-state index < -0.39 is 0 Å². The maximum atomic E-state index is 4.46. The van der Waals surface area contributed by atoms with Crippen LogP contribution >= 0.6 is 0 Å². The van der Waals surface area contributed by atoms with Crippen molar-refractivity contribution >= 4 is 11.6 Å². The summed E-state index contributed by atoms with van der Waals surface area (Å²) in [6, 6.07) is 10.9. The molecular weight excluding hydrogens is 198 g/mol. The molecule has 1 unspecified atom stereocenters. The van der Waals surface area contributed by atoms with Gasteiger partial charge >= 0.3 is 0 Å². The zero-order chi connectivity index (χ0) is 11.4. The van der Waals surface area contributed by atoms with Gasteiger partial charge in [0.1, 0.15) is 0 Å². The third-order valence-corrected chi connectivity index (χ3v) is 2.46. The van der Waals surface area contributed by atoms with Crippen molar-refractivity contribution < 1.29 is 0 Å². The van der Waals surface area contributed by atoms with Crippen LogP contribution in [0.4, 0.5) is 0 Å². The lowest BCUT2D eigenvalue weighted by molar-refractivity contribution is 0.553. The lowest BCUT2D eigenvalue weighted by Gasteiger charge is -1.99. The van der Waals surface area contributed by atoms with E-state index in [1.807, 2.05) is 13.0 Å². The Morgan fingerprint density at radius 3 is 2.88 bits per heavy atom. The first-order valence-corrected chi connectivity index (χ1v) is 5.35. The Morgan fingerprint density at radius 1 is 1.44 bits per heavy atom. The molecule has 1 aromatic rings.